The molecule has 0 fully saturated rings. The van der Waals surface area contributed by atoms with E-state index < -0.39 is 0 Å². The SMILES string of the molecule is Cc1c(CCl)c(-c2ccccc2)c2nsnc2c1-c1ccccc1. The highest BCUT2D eigenvalue weighted by Crippen LogP contribution is 2.41. The van der Waals surface area contributed by atoms with Crippen molar-refractivity contribution in [3.05, 3.63) is 71.8 Å². The maximum atomic E-state index is 6.37. The first-order chi connectivity index (χ1) is 11.8. The summed E-state index contributed by atoms with van der Waals surface area (Å²) in [6.45, 7) is 2.13. The van der Waals surface area contributed by atoms with Gasteiger partial charge in [-0.3, -0.25) is 0 Å². The highest BCUT2D eigenvalue weighted by atomic mass is 35.5. The Morgan fingerprint density at radius 3 is 1.83 bits per heavy atom. The molecule has 0 radical (unpaired) electrons. The number of hydrogen-bond acceptors (Lipinski definition) is 3. The average Bonchev–Trinajstić information content (AvgIpc) is 3.11. The van der Waals surface area contributed by atoms with E-state index >= 15 is 0 Å². The van der Waals surface area contributed by atoms with Gasteiger partial charge in [-0.2, -0.15) is 8.75 Å². The smallest absolute Gasteiger partial charge is 0.113 e. The van der Waals surface area contributed by atoms with Crippen LogP contribution in [0.4, 0.5) is 0 Å². The summed E-state index contributed by atoms with van der Waals surface area (Å²) >= 11 is 7.62. The lowest BCUT2D eigenvalue weighted by molar-refractivity contribution is 1.31. The molecule has 0 saturated carbocycles. The topological polar surface area (TPSA) is 25.8 Å². The van der Waals surface area contributed by atoms with Crippen molar-refractivity contribution in [2.45, 2.75) is 12.8 Å². The number of alkyl halides is 1. The van der Waals surface area contributed by atoms with Gasteiger partial charge >= 0.3 is 0 Å². The number of nitrogens with zero attached hydrogens (tertiary/aromatic N) is 2. The molecule has 0 aliphatic rings. The van der Waals surface area contributed by atoms with Gasteiger partial charge in [0, 0.05) is 17.0 Å². The summed E-state index contributed by atoms with van der Waals surface area (Å²) in [6, 6.07) is 20.7. The Kier molecular flexibility index (Phi) is 4.05. The summed E-state index contributed by atoms with van der Waals surface area (Å²) in [5.41, 5.74) is 8.72. The summed E-state index contributed by atoms with van der Waals surface area (Å²) in [6.07, 6.45) is 0. The molecule has 1 heterocycles. The quantitative estimate of drug-likeness (QED) is 0.419. The zero-order chi connectivity index (χ0) is 16.5. The van der Waals surface area contributed by atoms with Gasteiger partial charge in [-0.25, -0.2) is 0 Å². The van der Waals surface area contributed by atoms with Crippen molar-refractivity contribution in [3.8, 4) is 22.3 Å². The van der Waals surface area contributed by atoms with E-state index in [9.17, 15) is 0 Å². The van der Waals surface area contributed by atoms with Crippen molar-refractivity contribution in [2.24, 2.45) is 0 Å². The average molecular weight is 351 g/mol. The summed E-state index contributed by atoms with van der Waals surface area (Å²) < 4.78 is 9.21. The van der Waals surface area contributed by atoms with Crippen LogP contribution in [0.3, 0.4) is 0 Å². The van der Waals surface area contributed by atoms with Crippen LogP contribution < -0.4 is 0 Å². The van der Waals surface area contributed by atoms with Crippen LogP contribution in [0, 0.1) is 6.92 Å². The van der Waals surface area contributed by atoms with E-state index in [4.69, 9.17) is 11.6 Å². The van der Waals surface area contributed by atoms with Gasteiger partial charge in [-0.15, -0.1) is 11.6 Å². The van der Waals surface area contributed by atoms with Crippen LogP contribution in [0.15, 0.2) is 60.7 Å². The van der Waals surface area contributed by atoms with Crippen molar-refractivity contribution in [2.75, 3.05) is 0 Å². The lowest BCUT2D eigenvalue weighted by Crippen LogP contribution is -1.97. The molecular formula is C20H15ClN2S. The van der Waals surface area contributed by atoms with Crippen LogP contribution >= 0.6 is 23.3 Å². The molecule has 4 heteroatoms. The lowest BCUT2D eigenvalue weighted by Gasteiger charge is -2.16. The van der Waals surface area contributed by atoms with E-state index in [1.807, 2.05) is 36.4 Å². The minimum absolute atomic E-state index is 0.448. The van der Waals surface area contributed by atoms with Crippen LogP contribution in [0.1, 0.15) is 11.1 Å². The number of aromatic nitrogens is 2. The molecule has 2 nitrogen and oxygen atoms in total. The van der Waals surface area contributed by atoms with Gasteiger partial charge in [0.15, 0.2) is 0 Å². The molecule has 0 N–H and O–H groups in total. The molecule has 1 aromatic heterocycles. The molecule has 4 rings (SSSR count). The summed E-state index contributed by atoms with van der Waals surface area (Å²) in [5, 5.41) is 0. The number of hydrogen-bond donors (Lipinski definition) is 0. The Hall–Kier alpha value is -2.23. The maximum Gasteiger partial charge on any atom is 0.113 e. The van der Waals surface area contributed by atoms with Crippen molar-refractivity contribution in [1.82, 2.24) is 8.75 Å². The van der Waals surface area contributed by atoms with E-state index in [1.165, 1.54) is 17.3 Å². The fraction of sp³-hybridized carbons (Fsp3) is 0.100. The van der Waals surface area contributed by atoms with Gasteiger partial charge < -0.3 is 0 Å². The van der Waals surface area contributed by atoms with Gasteiger partial charge in [-0.05, 0) is 29.2 Å². The lowest BCUT2D eigenvalue weighted by atomic mass is 9.89. The van der Waals surface area contributed by atoms with Crippen molar-refractivity contribution >= 4 is 34.4 Å². The maximum absolute atomic E-state index is 6.37. The summed E-state index contributed by atoms with van der Waals surface area (Å²) in [4.78, 5) is 0. The second-order valence-electron chi connectivity index (χ2n) is 5.68. The number of rotatable bonds is 3. The van der Waals surface area contributed by atoms with Gasteiger partial charge in [0.2, 0.25) is 0 Å². The third-order valence-electron chi connectivity index (χ3n) is 4.35. The number of benzene rings is 3. The Bertz CT molecular complexity index is 995. The van der Waals surface area contributed by atoms with E-state index in [0.717, 1.165) is 38.9 Å². The Morgan fingerprint density at radius 1 is 0.792 bits per heavy atom. The molecule has 118 valence electrons. The van der Waals surface area contributed by atoms with E-state index in [2.05, 4.69) is 39.9 Å². The molecule has 0 amide bonds. The van der Waals surface area contributed by atoms with Crippen LogP contribution in [0.25, 0.3) is 33.3 Å². The molecule has 0 spiro atoms. The minimum Gasteiger partial charge on any atom is -0.172 e. The van der Waals surface area contributed by atoms with Crippen molar-refractivity contribution in [1.29, 1.82) is 0 Å². The highest BCUT2D eigenvalue weighted by Gasteiger charge is 2.21. The van der Waals surface area contributed by atoms with Gasteiger partial charge in [-0.1, -0.05) is 60.7 Å². The predicted molar refractivity (Wildman–Crippen MR) is 103 cm³/mol. The Morgan fingerprint density at radius 2 is 1.29 bits per heavy atom. The first-order valence-corrected chi connectivity index (χ1v) is 9.02. The fourth-order valence-corrected chi connectivity index (χ4v) is 4.11. The van der Waals surface area contributed by atoms with E-state index in [0.29, 0.717) is 5.88 Å². The van der Waals surface area contributed by atoms with Crippen LogP contribution in [-0.4, -0.2) is 8.75 Å². The molecule has 0 aliphatic heterocycles. The normalized spacial score (nSPS) is 11.1. The molecule has 0 atom stereocenters. The van der Waals surface area contributed by atoms with Crippen LogP contribution in [-0.2, 0) is 5.88 Å². The zero-order valence-electron chi connectivity index (χ0n) is 13.2. The Balaban J connectivity index is 2.12. The number of fused-ring (bicyclic) bond motifs is 1. The first kappa shape index (κ1) is 15.3. The highest BCUT2D eigenvalue weighted by molar-refractivity contribution is 7.00. The largest absolute Gasteiger partial charge is 0.172 e. The van der Waals surface area contributed by atoms with Crippen molar-refractivity contribution < 1.29 is 0 Å². The van der Waals surface area contributed by atoms with E-state index in [1.54, 1.807) is 0 Å². The molecule has 0 aliphatic carbocycles. The zero-order valence-corrected chi connectivity index (χ0v) is 14.7. The van der Waals surface area contributed by atoms with E-state index in [-0.39, 0.29) is 0 Å². The molecule has 3 aromatic carbocycles. The predicted octanol–water partition coefficient (Wildman–Crippen LogP) is 6.07. The molecular weight excluding hydrogens is 336 g/mol. The Labute approximate surface area is 150 Å². The fourth-order valence-electron chi connectivity index (χ4n) is 3.22. The summed E-state index contributed by atoms with van der Waals surface area (Å²) in [5.74, 6) is 0.448. The molecule has 0 bridgehead atoms. The molecule has 0 unspecified atom stereocenters. The third-order valence-corrected chi connectivity index (χ3v) is 5.15. The third kappa shape index (κ3) is 2.41. The molecule has 0 saturated heterocycles. The molecule has 24 heavy (non-hydrogen) atoms. The second-order valence-corrected chi connectivity index (χ2v) is 6.48. The van der Waals surface area contributed by atoms with Crippen LogP contribution in [0.5, 0.6) is 0 Å². The summed E-state index contributed by atoms with van der Waals surface area (Å²) in [7, 11) is 0. The number of halogens is 1. The monoisotopic (exact) mass is 350 g/mol. The van der Waals surface area contributed by atoms with Gasteiger partial charge in [0.05, 0.1) is 11.7 Å². The second kappa shape index (κ2) is 6.34. The first-order valence-electron chi connectivity index (χ1n) is 7.75. The van der Waals surface area contributed by atoms with Gasteiger partial charge in [0.1, 0.15) is 11.0 Å². The standard InChI is InChI=1S/C20H15ClN2S/c1-13-16(12-21)18(15-10-6-3-7-11-15)20-19(22-24-23-20)17(13)14-8-4-2-5-9-14/h2-11H,12H2,1H3. The molecule has 4 aromatic rings. The van der Waals surface area contributed by atoms with Gasteiger partial charge in [0.25, 0.3) is 0 Å². The van der Waals surface area contributed by atoms with Crippen molar-refractivity contribution in [3.63, 3.8) is 0 Å². The van der Waals surface area contributed by atoms with Crippen LogP contribution in [0.2, 0.25) is 0 Å². The minimum atomic E-state index is 0.448.